The number of nitrogen functional groups attached to an aromatic ring is 1. The fourth-order valence-electron chi connectivity index (χ4n) is 0.640. The second-order valence-corrected chi connectivity index (χ2v) is 2.22. The quantitative estimate of drug-likeness (QED) is 0.636. The lowest BCUT2D eigenvalue weighted by Gasteiger charge is -2.01. The molecule has 10 heavy (non-hydrogen) atoms. The van der Waals surface area contributed by atoms with Gasteiger partial charge < -0.3 is 10.8 Å². The Morgan fingerprint density at radius 2 is 2.40 bits per heavy atom. The van der Waals surface area contributed by atoms with Gasteiger partial charge in [0.2, 0.25) is 0 Å². The van der Waals surface area contributed by atoms with E-state index in [0.717, 1.165) is 0 Å². The average molecular weight is 159 g/mol. The molecule has 1 heterocycles. The Labute approximate surface area is 63.5 Å². The summed E-state index contributed by atoms with van der Waals surface area (Å²) in [6.45, 7) is -0.168. The number of anilines is 1. The molecule has 0 spiro atoms. The van der Waals surface area contributed by atoms with E-state index >= 15 is 0 Å². The molecule has 3 nitrogen and oxygen atoms in total. The average Bonchev–Trinajstić information content (AvgIpc) is 1.88. The van der Waals surface area contributed by atoms with Crippen LogP contribution in [0.5, 0.6) is 0 Å². The lowest BCUT2D eigenvalue weighted by Crippen LogP contribution is -1.97. The summed E-state index contributed by atoms with van der Waals surface area (Å²) in [4.78, 5) is 3.74. The van der Waals surface area contributed by atoms with E-state index in [0.29, 0.717) is 10.6 Å². The topological polar surface area (TPSA) is 59.1 Å². The molecule has 1 rings (SSSR count). The number of aromatic nitrogens is 1. The molecule has 0 aromatic carbocycles. The first-order valence-corrected chi connectivity index (χ1v) is 3.13. The van der Waals surface area contributed by atoms with Crippen LogP contribution in [0.15, 0.2) is 12.3 Å². The van der Waals surface area contributed by atoms with E-state index in [9.17, 15) is 0 Å². The second kappa shape index (κ2) is 2.86. The van der Waals surface area contributed by atoms with Gasteiger partial charge in [-0.3, -0.25) is 0 Å². The van der Waals surface area contributed by atoms with E-state index < -0.39 is 0 Å². The van der Waals surface area contributed by atoms with Crippen molar-refractivity contribution >= 4 is 17.4 Å². The lowest BCUT2D eigenvalue weighted by atomic mass is 10.3. The molecular formula is C6H7ClN2O. The van der Waals surface area contributed by atoms with Crippen LogP contribution in [0.4, 0.5) is 5.82 Å². The summed E-state index contributed by atoms with van der Waals surface area (Å²) in [7, 11) is 0. The predicted octanol–water partition coefficient (Wildman–Crippen LogP) is 0.809. The highest BCUT2D eigenvalue weighted by atomic mass is 35.5. The van der Waals surface area contributed by atoms with Crippen LogP contribution in [0, 0.1) is 0 Å². The van der Waals surface area contributed by atoms with Crippen LogP contribution in [-0.2, 0) is 6.61 Å². The van der Waals surface area contributed by atoms with E-state index in [2.05, 4.69) is 4.98 Å². The van der Waals surface area contributed by atoms with E-state index in [4.69, 9.17) is 22.4 Å². The Balaban J connectivity index is 3.17. The van der Waals surface area contributed by atoms with Crippen molar-refractivity contribution in [3.8, 4) is 0 Å². The van der Waals surface area contributed by atoms with E-state index in [1.807, 2.05) is 0 Å². The van der Waals surface area contributed by atoms with Crippen LogP contribution in [0.2, 0.25) is 5.02 Å². The molecule has 1 aromatic rings. The molecule has 3 N–H and O–H groups in total. The fourth-order valence-corrected chi connectivity index (χ4v) is 0.853. The highest BCUT2D eigenvalue weighted by Crippen LogP contribution is 2.18. The van der Waals surface area contributed by atoms with Gasteiger partial charge in [-0.25, -0.2) is 4.98 Å². The van der Waals surface area contributed by atoms with E-state index in [-0.39, 0.29) is 12.4 Å². The largest absolute Gasteiger partial charge is 0.391 e. The molecule has 0 aliphatic rings. The molecule has 0 radical (unpaired) electrons. The van der Waals surface area contributed by atoms with Crippen LogP contribution >= 0.6 is 11.6 Å². The Morgan fingerprint density at radius 3 is 2.80 bits per heavy atom. The number of pyridine rings is 1. The Morgan fingerprint density at radius 1 is 1.70 bits per heavy atom. The molecule has 0 saturated carbocycles. The molecule has 0 aliphatic carbocycles. The van der Waals surface area contributed by atoms with Crippen molar-refractivity contribution < 1.29 is 5.11 Å². The summed E-state index contributed by atoms with van der Waals surface area (Å²) < 4.78 is 0. The van der Waals surface area contributed by atoms with Crippen LogP contribution < -0.4 is 5.73 Å². The van der Waals surface area contributed by atoms with E-state index in [1.165, 1.54) is 6.20 Å². The number of hydrogen-bond donors (Lipinski definition) is 2. The van der Waals surface area contributed by atoms with Crippen molar-refractivity contribution in [2.24, 2.45) is 0 Å². The first-order chi connectivity index (χ1) is 4.75. The molecule has 0 aliphatic heterocycles. The molecule has 0 unspecified atom stereocenters. The molecule has 0 bridgehead atoms. The maximum Gasteiger partial charge on any atom is 0.130 e. The van der Waals surface area contributed by atoms with Gasteiger partial charge in [-0.2, -0.15) is 0 Å². The predicted molar refractivity (Wildman–Crippen MR) is 39.6 cm³/mol. The van der Waals surface area contributed by atoms with Crippen molar-refractivity contribution in [1.29, 1.82) is 0 Å². The zero-order valence-corrected chi connectivity index (χ0v) is 5.97. The second-order valence-electron chi connectivity index (χ2n) is 1.81. The summed E-state index contributed by atoms with van der Waals surface area (Å²) in [5.41, 5.74) is 5.87. The third-order valence-electron chi connectivity index (χ3n) is 1.19. The van der Waals surface area contributed by atoms with Crippen molar-refractivity contribution in [3.63, 3.8) is 0 Å². The third kappa shape index (κ3) is 1.20. The van der Waals surface area contributed by atoms with Crippen molar-refractivity contribution in [1.82, 2.24) is 4.98 Å². The highest BCUT2D eigenvalue weighted by Gasteiger charge is 2.01. The fraction of sp³-hybridized carbons (Fsp3) is 0.167. The zero-order chi connectivity index (χ0) is 7.56. The maximum absolute atomic E-state index is 8.69. The Hall–Kier alpha value is -0.800. The van der Waals surface area contributed by atoms with Gasteiger partial charge in [0, 0.05) is 11.8 Å². The zero-order valence-electron chi connectivity index (χ0n) is 5.21. The number of halogens is 1. The molecule has 0 atom stereocenters. The minimum Gasteiger partial charge on any atom is -0.391 e. The first kappa shape index (κ1) is 7.31. The number of hydrogen-bond acceptors (Lipinski definition) is 3. The third-order valence-corrected chi connectivity index (χ3v) is 1.54. The highest BCUT2D eigenvalue weighted by molar-refractivity contribution is 6.31. The van der Waals surface area contributed by atoms with Crippen LogP contribution in [-0.4, -0.2) is 10.1 Å². The van der Waals surface area contributed by atoms with Gasteiger partial charge in [0.1, 0.15) is 5.82 Å². The van der Waals surface area contributed by atoms with Crippen molar-refractivity contribution in [2.75, 3.05) is 5.73 Å². The number of rotatable bonds is 1. The lowest BCUT2D eigenvalue weighted by molar-refractivity contribution is 0.282. The Kier molecular flexibility index (Phi) is 2.09. The number of aliphatic hydroxyl groups excluding tert-OH is 1. The summed E-state index contributed by atoms with van der Waals surface area (Å²) >= 11 is 5.65. The molecular weight excluding hydrogens is 152 g/mol. The summed E-state index contributed by atoms with van der Waals surface area (Å²) in [5, 5.41) is 9.15. The maximum atomic E-state index is 8.69. The van der Waals surface area contributed by atoms with Crippen molar-refractivity contribution in [2.45, 2.75) is 6.61 Å². The van der Waals surface area contributed by atoms with Crippen LogP contribution in [0.3, 0.4) is 0 Å². The van der Waals surface area contributed by atoms with Gasteiger partial charge in [-0.1, -0.05) is 11.6 Å². The van der Waals surface area contributed by atoms with Crippen LogP contribution in [0.1, 0.15) is 5.56 Å². The molecule has 4 heteroatoms. The van der Waals surface area contributed by atoms with E-state index in [1.54, 1.807) is 6.07 Å². The minimum atomic E-state index is -0.168. The minimum absolute atomic E-state index is 0.168. The molecule has 54 valence electrons. The normalized spacial score (nSPS) is 9.80. The number of aliphatic hydroxyl groups is 1. The standard InChI is InChI=1S/C6H7ClN2O/c7-5-1-2-9-6(8)4(5)3-10/h1-2,10H,3H2,(H2,8,9). The molecule has 1 aromatic heterocycles. The first-order valence-electron chi connectivity index (χ1n) is 2.75. The van der Waals surface area contributed by atoms with Gasteiger partial charge in [0.15, 0.2) is 0 Å². The molecule has 0 saturated heterocycles. The Bertz CT molecular complexity index is 219. The smallest absolute Gasteiger partial charge is 0.130 e. The SMILES string of the molecule is Nc1nccc(Cl)c1CO. The number of nitrogens with two attached hydrogens (primary N) is 1. The monoisotopic (exact) mass is 158 g/mol. The van der Waals surface area contributed by atoms with Crippen LogP contribution in [0.25, 0.3) is 0 Å². The number of nitrogens with zero attached hydrogens (tertiary/aromatic N) is 1. The summed E-state index contributed by atoms with van der Waals surface area (Å²) in [5.74, 6) is 0.287. The van der Waals surface area contributed by atoms with Gasteiger partial charge in [-0.15, -0.1) is 0 Å². The molecule has 0 fully saturated rings. The van der Waals surface area contributed by atoms with Gasteiger partial charge >= 0.3 is 0 Å². The molecule has 0 amide bonds. The van der Waals surface area contributed by atoms with Gasteiger partial charge in [-0.05, 0) is 6.07 Å². The summed E-state index contributed by atoms with van der Waals surface area (Å²) in [6, 6.07) is 1.59. The van der Waals surface area contributed by atoms with Gasteiger partial charge in [0.25, 0.3) is 0 Å². The van der Waals surface area contributed by atoms with Gasteiger partial charge in [0.05, 0.1) is 11.6 Å². The summed E-state index contributed by atoms with van der Waals surface area (Å²) in [6.07, 6.45) is 1.50. The van der Waals surface area contributed by atoms with Crippen molar-refractivity contribution in [3.05, 3.63) is 22.8 Å².